The molecule has 0 aliphatic heterocycles. The van der Waals surface area contributed by atoms with E-state index >= 15 is 0 Å². The first-order valence-corrected chi connectivity index (χ1v) is 6.55. The smallest absolute Gasteiger partial charge is 0.123 e. The molecule has 2 rings (SSSR count). The Morgan fingerprint density at radius 3 is 2.81 bits per heavy atom. The molecule has 0 amide bonds. The van der Waals surface area contributed by atoms with Crippen LogP contribution in [0.25, 0.3) is 0 Å². The topological polar surface area (TPSA) is 20.2 Å². The van der Waals surface area contributed by atoms with E-state index < -0.39 is 6.10 Å². The van der Waals surface area contributed by atoms with Crippen LogP contribution in [-0.4, -0.2) is 5.11 Å². The predicted molar refractivity (Wildman–Crippen MR) is 65.5 cm³/mol. The second kappa shape index (κ2) is 4.99. The highest BCUT2D eigenvalue weighted by Crippen LogP contribution is 2.35. The van der Waals surface area contributed by atoms with Gasteiger partial charge in [-0.3, -0.25) is 0 Å². The van der Waals surface area contributed by atoms with Gasteiger partial charge in [0.15, 0.2) is 0 Å². The van der Waals surface area contributed by atoms with E-state index in [1.54, 1.807) is 36.1 Å². The number of rotatable bonds is 3. The van der Waals surface area contributed by atoms with Crippen LogP contribution in [0.5, 0.6) is 0 Å². The lowest BCUT2D eigenvalue weighted by molar-refractivity contribution is 0.196. The fourth-order valence-electron chi connectivity index (χ4n) is 1.37. The molecule has 1 heterocycles. The minimum atomic E-state index is -0.654. The van der Waals surface area contributed by atoms with Gasteiger partial charge in [0.25, 0.3) is 0 Å². The van der Waals surface area contributed by atoms with Gasteiger partial charge in [-0.2, -0.15) is 0 Å². The fraction of sp³-hybridized carbons (Fsp3) is 0.167. The van der Waals surface area contributed by atoms with Gasteiger partial charge in [-0.15, -0.1) is 11.3 Å². The van der Waals surface area contributed by atoms with Crippen LogP contribution in [0.3, 0.4) is 0 Å². The third-order valence-electron chi connectivity index (χ3n) is 2.13. The number of hydrogen-bond donors (Lipinski definition) is 1. The van der Waals surface area contributed by atoms with Crippen molar-refractivity contribution in [1.82, 2.24) is 0 Å². The first-order chi connectivity index (χ1) is 7.66. The number of hydrogen-bond acceptors (Lipinski definition) is 3. The van der Waals surface area contributed by atoms with Crippen molar-refractivity contribution in [3.63, 3.8) is 0 Å². The molecule has 1 aromatic carbocycles. The fourth-order valence-corrected chi connectivity index (χ4v) is 3.29. The van der Waals surface area contributed by atoms with E-state index in [-0.39, 0.29) is 5.82 Å². The third kappa shape index (κ3) is 2.64. The minimum Gasteiger partial charge on any atom is -0.389 e. The van der Waals surface area contributed by atoms with Gasteiger partial charge in [-0.05, 0) is 42.1 Å². The van der Waals surface area contributed by atoms with Crippen LogP contribution in [-0.2, 0) is 0 Å². The van der Waals surface area contributed by atoms with Crippen molar-refractivity contribution in [2.75, 3.05) is 0 Å². The van der Waals surface area contributed by atoms with E-state index in [2.05, 4.69) is 0 Å². The zero-order valence-corrected chi connectivity index (χ0v) is 10.3. The van der Waals surface area contributed by atoms with Gasteiger partial charge in [-0.25, -0.2) is 4.39 Å². The molecule has 0 saturated heterocycles. The summed E-state index contributed by atoms with van der Waals surface area (Å²) in [6, 6.07) is 8.49. The Bertz CT molecular complexity index is 466. The molecule has 0 aliphatic rings. The minimum absolute atomic E-state index is 0.313. The summed E-state index contributed by atoms with van der Waals surface area (Å²) in [4.78, 5) is 0.902. The molecule has 84 valence electrons. The molecule has 0 unspecified atom stereocenters. The summed E-state index contributed by atoms with van der Waals surface area (Å²) in [5.41, 5.74) is 0.637. The van der Waals surface area contributed by atoms with E-state index in [0.717, 1.165) is 9.10 Å². The van der Waals surface area contributed by atoms with Crippen LogP contribution < -0.4 is 0 Å². The van der Waals surface area contributed by atoms with Crippen LogP contribution in [0.4, 0.5) is 4.39 Å². The SMILES string of the molecule is C[C@@H](O)c1cc(F)ccc1Sc1cccs1. The van der Waals surface area contributed by atoms with E-state index in [1.165, 1.54) is 12.1 Å². The van der Waals surface area contributed by atoms with E-state index in [1.807, 2.05) is 17.5 Å². The lowest BCUT2D eigenvalue weighted by atomic mass is 10.1. The van der Waals surface area contributed by atoms with Crippen molar-refractivity contribution in [1.29, 1.82) is 0 Å². The average molecular weight is 254 g/mol. The molecule has 0 fully saturated rings. The van der Waals surface area contributed by atoms with Crippen molar-refractivity contribution in [3.8, 4) is 0 Å². The van der Waals surface area contributed by atoms with Crippen molar-refractivity contribution < 1.29 is 9.50 Å². The molecule has 1 nitrogen and oxygen atoms in total. The molecule has 0 radical (unpaired) electrons. The summed E-state index contributed by atoms with van der Waals surface area (Å²) in [5.74, 6) is -0.313. The van der Waals surface area contributed by atoms with Crippen molar-refractivity contribution in [2.24, 2.45) is 0 Å². The van der Waals surface area contributed by atoms with E-state index in [0.29, 0.717) is 5.56 Å². The Labute approximate surface area is 102 Å². The van der Waals surface area contributed by atoms with Gasteiger partial charge in [0.05, 0.1) is 10.3 Å². The summed E-state index contributed by atoms with van der Waals surface area (Å²) in [7, 11) is 0. The summed E-state index contributed by atoms with van der Waals surface area (Å²) >= 11 is 3.18. The number of benzene rings is 1. The highest BCUT2D eigenvalue weighted by Gasteiger charge is 2.10. The maximum Gasteiger partial charge on any atom is 0.123 e. The maximum atomic E-state index is 13.1. The van der Waals surface area contributed by atoms with Gasteiger partial charge < -0.3 is 5.11 Å². The van der Waals surface area contributed by atoms with E-state index in [9.17, 15) is 9.50 Å². The van der Waals surface area contributed by atoms with Crippen LogP contribution >= 0.6 is 23.1 Å². The number of thiophene rings is 1. The molecular weight excluding hydrogens is 243 g/mol. The number of aliphatic hydroxyl groups excluding tert-OH is 1. The Hall–Kier alpha value is -0.840. The normalized spacial score (nSPS) is 12.7. The zero-order valence-electron chi connectivity index (χ0n) is 8.68. The largest absolute Gasteiger partial charge is 0.389 e. The molecule has 16 heavy (non-hydrogen) atoms. The van der Waals surface area contributed by atoms with Crippen LogP contribution in [0, 0.1) is 5.82 Å². The van der Waals surface area contributed by atoms with Crippen molar-refractivity contribution in [3.05, 3.63) is 47.1 Å². The molecule has 2 aromatic rings. The highest BCUT2D eigenvalue weighted by atomic mass is 32.2. The summed E-state index contributed by atoms with van der Waals surface area (Å²) in [5, 5.41) is 11.6. The number of halogens is 1. The predicted octanol–water partition coefficient (Wildman–Crippen LogP) is 4.09. The molecule has 0 aliphatic carbocycles. The molecule has 0 saturated carbocycles. The lowest BCUT2D eigenvalue weighted by Crippen LogP contribution is -1.94. The third-order valence-corrected chi connectivity index (χ3v) is 4.26. The molecule has 1 aromatic heterocycles. The van der Waals surface area contributed by atoms with Gasteiger partial charge in [0.1, 0.15) is 5.82 Å². The van der Waals surface area contributed by atoms with Crippen molar-refractivity contribution in [2.45, 2.75) is 22.1 Å². The van der Waals surface area contributed by atoms with E-state index in [4.69, 9.17) is 0 Å². The Kier molecular flexibility index (Phi) is 3.63. The first kappa shape index (κ1) is 11.6. The quantitative estimate of drug-likeness (QED) is 0.890. The van der Waals surface area contributed by atoms with Crippen molar-refractivity contribution >= 4 is 23.1 Å². The molecular formula is C12H11FOS2. The van der Waals surface area contributed by atoms with Crippen LogP contribution in [0.15, 0.2) is 44.8 Å². The standard InChI is InChI=1S/C12H11FOS2/c1-8(14)10-7-9(13)4-5-11(10)16-12-3-2-6-15-12/h2-8,14H,1H3/t8-/m1/s1. The monoisotopic (exact) mass is 254 g/mol. The van der Waals surface area contributed by atoms with Crippen LogP contribution in [0.2, 0.25) is 0 Å². The van der Waals surface area contributed by atoms with Gasteiger partial charge in [-0.1, -0.05) is 17.8 Å². The molecule has 4 heteroatoms. The van der Waals surface area contributed by atoms with Gasteiger partial charge >= 0.3 is 0 Å². The Balaban J connectivity index is 2.33. The summed E-state index contributed by atoms with van der Waals surface area (Å²) in [6.07, 6.45) is -0.654. The Morgan fingerprint density at radius 1 is 1.38 bits per heavy atom. The van der Waals surface area contributed by atoms with Gasteiger partial charge in [0, 0.05) is 4.90 Å². The molecule has 0 bridgehead atoms. The summed E-state index contributed by atoms with van der Waals surface area (Å²) in [6.45, 7) is 1.65. The highest BCUT2D eigenvalue weighted by molar-refractivity contribution is 8.01. The maximum absolute atomic E-state index is 13.1. The van der Waals surface area contributed by atoms with Crippen LogP contribution in [0.1, 0.15) is 18.6 Å². The molecule has 1 atom stereocenters. The molecule has 0 spiro atoms. The lowest BCUT2D eigenvalue weighted by Gasteiger charge is -2.10. The number of aliphatic hydroxyl groups is 1. The second-order valence-corrected chi connectivity index (χ2v) is 5.68. The first-order valence-electron chi connectivity index (χ1n) is 4.85. The summed E-state index contributed by atoms with van der Waals surface area (Å²) < 4.78 is 14.2. The average Bonchev–Trinajstić information content (AvgIpc) is 2.73. The zero-order chi connectivity index (χ0) is 11.5. The van der Waals surface area contributed by atoms with Gasteiger partial charge in [0.2, 0.25) is 0 Å². The Morgan fingerprint density at radius 2 is 2.19 bits per heavy atom. The molecule has 1 N–H and O–H groups in total. The second-order valence-electron chi connectivity index (χ2n) is 3.39.